The SMILES string of the molecule is C=CC(=O)Oc1ccc2cc(N)ccc2c1N. The molecule has 0 unspecified atom stereocenters. The van der Waals surface area contributed by atoms with Crippen LogP contribution in [0.2, 0.25) is 0 Å². The average Bonchev–Trinajstić information content (AvgIpc) is 2.32. The molecular formula is C13H12N2O2. The molecular weight excluding hydrogens is 216 g/mol. The normalized spacial score (nSPS) is 10.1. The third kappa shape index (κ3) is 2.06. The maximum absolute atomic E-state index is 11.1. The minimum Gasteiger partial charge on any atom is -0.421 e. The van der Waals surface area contributed by atoms with Gasteiger partial charge in [-0.1, -0.05) is 18.7 Å². The smallest absolute Gasteiger partial charge is 0.335 e. The highest BCUT2D eigenvalue weighted by molar-refractivity contribution is 5.98. The van der Waals surface area contributed by atoms with Gasteiger partial charge in [-0.15, -0.1) is 0 Å². The lowest BCUT2D eigenvalue weighted by Gasteiger charge is -2.08. The Morgan fingerprint density at radius 2 is 2.00 bits per heavy atom. The first-order valence-corrected chi connectivity index (χ1v) is 5.04. The summed E-state index contributed by atoms with van der Waals surface area (Å²) in [4.78, 5) is 11.1. The Kier molecular flexibility index (Phi) is 2.70. The van der Waals surface area contributed by atoms with Gasteiger partial charge in [0, 0.05) is 17.1 Å². The summed E-state index contributed by atoms with van der Waals surface area (Å²) in [6.07, 6.45) is 1.09. The van der Waals surface area contributed by atoms with Crippen LogP contribution in [0.3, 0.4) is 0 Å². The molecule has 0 bridgehead atoms. The fourth-order valence-electron chi connectivity index (χ4n) is 1.59. The lowest BCUT2D eigenvalue weighted by atomic mass is 10.1. The highest BCUT2D eigenvalue weighted by Crippen LogP contribution is 2.31. The van der Waals surface area contributed by atoms with Gasteiger partial charge in [0.1, 0.15) is 0 Å². The second kappa shape index (κ2) is 4.17. The average molecular weight is 228 g/mol. The Morgan fingerprint density at radius 3 is 2.71 bits per heavy atom. The molecule has 0 aromatic heterocycles. The first-order valence-electron chi connectivity index (χ1n) is 5.04. The largest absolute Gasteiger partial charge is 0.421 e. The van der Waals surface area contributed by atoms with Crippen LogP contribution in [0.5, 0.6) is 5.75 Å². The Balaban J connectivity index is 2.54. The molecule has 0 saturated carbocycles. The van der Waals surface area contributed by atoms with Gasteiger partial charge in [0.2, 0.25) is 0 Å². The van der Waals surface area contributed by atoms with Crippen molar-refractivity contribution in [1.82, 2.24) is 0 Å². The van der Waals surface area contributed by atoms with Gasteiger partial charge in [0.15, 0.2) is 5.75 Å². The lowest BCUT2D eigenvalue weighted by Crippen LogP contribution is -2.05. The molecule has 2 rings (SSSR count). The molecule has 0 spiro atoms. The van der Waals surface area contributed by atoms with E-state index in [4.69, 9.17) is 16.2 Å². The van der Waals surface area contributed by atoms with Crippen molar-refractivity contribution in [2.75, 3.05) is 11.5 Å². The molecule has 4 heteroatoms. The van der Waals surface area contributed by atoms with Crippen LogP contribution in [-0.4, -0.2) is 5.97 Å². The van der Waals surface area contributed by atoms with Gasteiger partial charge in [0.25, 0.3) is 0 Å². The number of carbonyl (C=O) groups is 1. The zero-order chi connectivity index (χ0) is 12.4. The van der Waals surface area contributed by atoms with E-state index in [2.05, 4.69) is 6.58 Å². The van der Waals surface area contributed by atoms with Crippen molar-refractivity contribution in [3.8, 4) is 5.75 Å². The molecule has 0 aliphatic rings. The minimum atomic E-state index is -0.536. The summed E-state index contributed by atoms with van der Waals surface area (Å²) >= 11 is 0. The summed E-state index contributed by atoms with van der Waals surface area (Å²) in [6.45, 7) is 3.33. The van der Waals surface area contributed by atoms with E-state index >= 15 is 0 Å². The molecule has 2 aromatic carbocycles. The molecule has 0 saturated heterocycles. The summed E-state index contributed by atoms with van der Waals surface area (Å²) in [5, 5.41) is 1.70. The third-order valence-corrected chi connectivity index (χ3v) is 2.42. The van der Waals surface area contributed by atoms with Crippen LogP contribution < -0.4 is 16.2 Å². The van der Waals surface area contributed by atoms with E-state index < -0.39 is 5.97 Å². The number of benzene rings is 2. The molecule has 4 nitrogen and oxygen atoms in total. The number of ether oxygens (including phenoxy) is 1. The molecule has 0 heterocycles. The second-order valence-corrected chi connectivity index (χ2v) is 3.58. The van der Waals surface area contributed by atoms with Gasteiger partial charge in [-0.05, 0) is 23.6 Å². The molecule has 0 radical (unpaired) electrons. The zero-order valence-corrected chi connectivity index (χ0v) is 9.14. The lowest BCUT2D eigenvalue weighted by molar-refractivity contribution is -0.128. The molecule has 0 amide bonds. The number of nitrogens with two attached hydrogens (primary N) is 2. The van der Waals surface area contributed by atoms with Gasteiger partial charge in [-0.3, -0.25) is 0 Å². The standard InChI is InChI=1S/C13H12N2O2/c1-2-12(16)17-11-6-3-8-7-9(14)4-5-10(8)13(11)15/h2-7H,1,14-15H2. The van der Waals surface area contributed by atoms with Gasteiger partial charge >= 0.3 is 5.97 Å². The van der Waals surface area contributed by atoms with E-state index in [9.17, 15) is 4.79 Å². The summed E-state index contributed by atoms with van der Waals surface area (Å²) in [5.41, 5.74) is 12.7. The van der Waals surface area contributed by atoms with Crippen molar-refractivity contribution in [3.63, 3.8) is 0 Å². The number of hydrogen-bond donors (Lipinski definition) is 2. The summed E-state index contributed by atoms with van der Waals surface area (Å²) < 4.78 is 5.02. The monoisotopic (exact) mass is 228 g/mol. The van der Waals surface area contributed by atoms with Crippen molar-refractivity contribution in [1.29, 1.82) is 0 Å². The molecule has 0 fully saturated rings. The van der Waals surface area contributed by atoms with Crippen LogP contribution in [0.15, 0.2) is 43.0 Å². The first kappa shape index (κ1) is 11.0. The number of fused-ring (bicyclic) bond motifs is 1. The summed E-state index contributed by atoms with van der Waals surface area (Å²) in [6, 6.07) is 8.79. The number of nitrogen functional groups attached to an aromatic ring is 2. The fraction of sp³-hybridized carbons (Fsp3) is 0. The van der Waals surface area contributed by atoms with Crippen LogP contribution in [0.1, 0.15) is 0 Å². The molecule has 4 N–H and O–H groups in total. The number of esters is 1. The summed E-state index contributed by atoms with van der Waals surface area (Å²) in [5.74, 6) is -0.210. The molecule has 86 valence electrons. The minimum absolute atomic E-state index is 0.326. The van der Waals surface area contributed by atoms with Crippen molar-refractivity contribution in [3.05, 3.63) is 43.0 Å². The van der Waals surface area contributed by atoms with Crippen LogP contribution in [0.25, 0.3) is 10.8 Å². The van der Waals surface area contributed by atoms with E-state index in [0.29, 0.717) is 17.1 Å². The maximum atomic E-state index is 11.1. The Labute approximate surface area is 98.5 Å². The number of hydrogen-bond acceptors (Lipinski definition) is 4. The molecule has 0 aliphatic heterocycles. The Bertz CT molecular complexity index is 606. The van der Waals surface area contributed by atoms with Crippen LogP contribution in [0, 0.1) is 0 Å². The van der Waals surface area contributed by atoms with Crippen molar-refractivity contribution < 1.29 is 9.53 Å². The first-order chi connectivity index (χ1) is 8.11. The second-order valence-electron chi connectivity index (χ2n) is 3.58. The Morgan fingerprint density at radius 1 is 1.24 bits per heavy atom. The number of rotatable bonds is 2. The third-order valence-electron chi connectivity index (χ3n) is 2.42. The maximum Gasteiger partial charge on any atom is 0.335 e. The topological polar surface area (TPSA) is 78.3 Å². The van der Waals surface area contributed by atoms with E-state index in [1.54, 1.807) is 24.3 Å². The molecule has 0 atom stereocenters. The van der Waals surface area contributed by atoms with Gasteiger partial charge in [-0.25, -0.2) is 4.79 Å². The Hall–Kier alpha value is -2.49. The number of carbonyl (C=O) groups excluding carboxylic acids is 1. The van der Waals surface area contributed by atoms with Crippen LogP contribution in [0.4, 0.5) is 11.4 Å². The predicted molar refractivity (Wildman–Crippen MR) is 68.6 cm³/mol. The van der Waals surface area contributed by atoms with Crippen molar-refractivity contribution >= 4 is 28.1 Å². The number of anilines is 2. The summed E-state index contributed by atoms with van der Waals surface area (Å²) in [7, 11) is 0. The highest BCUT2D eigenvalue weighted by Gasteiger charge is 2.08. The van der Waals surface area contributed by atoms with E-state index in [1.807, 2.05) is 6.07 Å². The van der Waals surface area contributed by atoms with E-state index in [0.717, 1.165) is 16.8 Å². The fourth-order valence-corrected chi connectivity index (χ4v) is 1.59. The quantitative estimate of drug-likeness (QED) is 0.357. The highest BCUT2D eigenvalue weighted by atomic mass is 16.5. The van der Waals surface area contributed by atoms with Gasteiger partial charge < -0.3 is 16.2 Å². The van der Waals surface area contributed by atoms with Crippen molar-refractivity contribution in [2.24, 2.45) is 0 Å². The molecule has 17 heavy (non-hydrogen) atoms. The zero-order valence-electron chi connectivity index (χ0n) is 9.14. The van der Waals surface area contributed by atoms with E-state index in [-0.39, 0.29) is 0 Å². The molecule has 0 aliphatic carbocycles. The van der Waals surface area contributed by atoms with Crippen molar-refractivity contribution in [2.45, 2.75) is 0 Å². The predicted octanol–water partition coefficient (Wildman–Crippen LogP) is 2.10. The van der Waals surface area contributed by atoms with Gasteiger partial charge in [-0.2, -0.15) is 0 Å². The van der Waals surface area contributed by atoms with Crippen LogP contribution in [-0.2, 0) is 4.79 Å². The molecule has 2 aromatic rings. The van der Waals surface area contributed by atoms with Crippen LogP contribution >= 0.6 is 0 Å². The van der Waals surface area contributed by atoms with Gasteiger partial charge in [0.05, 0.1) is 5.69 Å². The van der Waals surface area contributed by atoms with E-state index in [1.165, 1.54) is 0 Å².